The van der Waals surface area contributed by atoms with Gasteiger partial charge < -0.3 is 24.3 Å². The third kappa shape index (κ3) is 3.17. The fourth-order valence-corrected chi connectivity index (χ4v) is 4.03. The summed E-state index contributed by atoms with van der Waals surface area (Å²) in [6, 6.07) is 8.43. The molecule has 1 aromatic heterocycles. The van der Waals surface area contributed by atoms with Crippen LogP contribution in [0.25, 0.3) is 11.1 Å². The molecular weight excluding hydrogens is 332 g/mol. The summed E-state index contributed by atoms with van der Waals surface area (Å²) in [5, 5.41) is 3.34. The van der Waals surface area contributed by atoms with Gasteiger partial charge in [0, 0.05) is 33.3 Å². The van der Waals surface area contributed by atoms with Crippen LogP contribution < -0.4 is 10.2 Å². The lowest BCUT2D eigenvalue weighted by Gasteiger charge is -2.42. The highest BCUT2D eigenvalue weighted by molar-refractivity contribution is 5.83. The smallest absolute Gasteiger partial charge is 0.298 e. The number of aromatic nitrogens is 1. The van der Waals surface area contributed by atoms with Gasteiger partial charge in [-0.2, -0.15) is 4.98 Å². The van der Waals surface area contributed by atoms with Crippen LogP contribution in [-0.4, -0.2) is 68.8 Å². The molecule has 2 aromatic rings. The summed E-state index contributed by atoms with van der Waals surface area (Å²) < 4.78 is 11.3. The fourth-order valence-electron chi connectivity index (χ4n) is 4.03. The minimum Gasteiger partial charge on any atom is -0.423 e. The number of ether oxygens (including phenoxy) is 1. The van der Waals surface area contributed by atoms with E-state index in [2.05, 4.69) is 15.2 Å². The number of benzene rings is 1. The number of piperazine rings is 1. The van der Waals surface area contributed by atoms with Crippen molar-refractivity contribution in [3.05, 3.63) is 24.3 Å². The molecule has 0 bridgehead atoms. The summed E-state index contributed by atoms with van der Waals surface area (Å²) in [6.07, 6.45) is 1.68. The maximum Gasteiger partial charge on any atom is 0.298 e. The number of amides is 1. The number of hydrogen-bond donors (Lipinski definition) is 1. The molecule has 4 rings (SSSR count). The molecule has 7 nitrogen and oxygen atoms in total. The van der Waals surface area contributed by atoms with Crippen LogP contribution in [0.1, 0.15) is 12.8 Å². The topological polar surface area (TPSA) is 70.8 Å². The Balaban J connectivity index is 1.43. The van der Waals surface area contributed by atoms with E-state index in [9.17, 15) is 4.79 Å². The van der Waals surface area contributed by atoms with Crippen LogP contribution in [0.2, 0.25) is 0 Å². The van der Waals surface area contributed by atoms with Gasteiger partial charge >= 0.3 is 0 Å². The van der Waals surface area contributed by atoms with Gasteiger partial charge in [-0.3, -0.25) is 4.79 Å². The molecule has 1 amide bonds. The van der Waals surface area contributed by atoms with Gasteiger partial charge in [0.15, 0.2) is 5.58 Å². The number of methoxy groups -OCH3 is 1. The molecule has 0 aliphatic carbocycles. The highest BCUT2D eigenvalue weighted by atomic mass is 16.5. The Hall–Kier alpha value is -2.12. The van der Waals surface area contributed by atoms with Crippen LogP contribution in [0.15, 0.2) is 28.7 Å². The van der Waals surface area contributed by atoms with Crippen molar-refractivity contribution in [2.75, 3.05) is 57.9 Å². The first-order valence-corrected chi connectivity index (χ1v) is 9.31. The Morgan fingerprint density at radius 1 is 1.23 bits per heavy atom. The number of piperidine rings is 1. The summed E-state index contributed by atoms with van der Waals surface area (Å²) in [5.74, 6) is 0.234. The zero-order valence-corrected chi connectivity index (χ0v) is 15.2. The van der Waals surface area contributed by atoms with Crippen molar-refractivity contribution in [2.45, 2.75) is 12.8 Å². The number of fused-ring (bicyclic) bond motifs is 1. The normalized spacial score (nSPS) is 20.5. The van der Waals surface area contributed by atoms with E-state index in [0.717, 1.165) is 50.1 Å². The molecule has 2 aliphatic rings. The van der Waals surface area contributed by atoms with Gasteiger partial charge in [0.25, 0.3) is 6.01 Å². The lowest BCUT2D eigenvalue weighted by molar-refractivity contribution is -0.148. The second kappa shape index (κ2) is 7.25. The van der Waals surface area contributed by atoms with E-state index >= 15 is 0 Å². The van der Waals surface area contributed by atoms with Gasteiger partial charge in [-0.25, -0.2) is 0 Å². The number of oxazole rings is 1. The summed E-state index contributed by atoms with van der Waals surface area (Å²) in [5.41, 5.74) is 1.30. The van der Waals surface area contributed by atoms with Crippen molar-refractivity contribution in [1.29, 1.82) is 0 Å². The molecular formula is C19H26N4O3. The standard InChI is InChI=1S/C19H26N4O3/c1-25-14-19(6-8-20-9-7-19)17(24)22-10-12-23(13-11-22)18-21-15-4-2-3-5-16(15)26-18/h2-5,20H,6-14H2,1H3. The highest BCUT2D eigenvalue weighted by Crippen LogP contribution is 2.32. The van der Waals surface area contributed by atoms with E-state index in [-0.39, 0.29) is 11.3 Å². The first-order chi connectivity index (χ1) is 12.7. The number of hydrogen-bond acceptors (Lipinski definition) is 6. The second-order valence-electron chi connectivity index (χ2n) is 7.21. The van der Waals surface area contributed by atoms with Gasteiger partial charge in [-0.15, -0.1) is 0 Å². The molecule has 1 aromatic carbocycles. The largest absolute Gasteiger partial charge is 0.423 e. The summed E-state index contributed by atoms with van der Waals surface area (Å²) in [4.78, 5) is 21.9. The van der Waals surface area contributed by atoms with Crippen molar-refractivity contribution >= 4 is 23.0 Å². The molecule has 0 saturated carbocycles. The molecule has 0 unspecified atom stereocenters. The maximum absolute atomic E-state index is 13.2. The fraction of sp³-hybridized carbons (Fsp3) is 0.579. The number of para-hydroxylation sites is 2. The Morgan fingerprint density at radius 2 is 1.96 bits per heavy atom. The first-order valence-electron chi connectivity index (χ1n) is 9.31. The number of nitrogens with one attached hydrogen (secondary N) is 1. The zero-order valence-electron chi connectivity index (χ0n) is 15.2. The lowest BCUT2D eigenvalue weighted by atomic mass is 9.78. The third-order valence-corrected chi connectivity index (χ3v) is 5.55. The van der Waals surface area contributed by atoms with Crippen LogP contribution >= 0.6 is 0 Å². The average Bonchev–Trinajstić information content (AvgIpc) is 3.13. The van der Waals surface area contributed by atoms with Crippen molar-refractivity contribution < 1.29 is 13.9 Å². The van der Waals surface area contributed by atoms with Crippen molar-refractivity contribution in [2.24, 2.45) is 5.41 Å². The number of nitrogens with zero attached hydrogens (tertiary/aromatic N) is 3. The van der Waals surface area contributed by atoms with E-state index in [1.54, 1.807) is 7.11 Å². The molecule has 1 N–H and O–H groups in total. The Labute approximate surface area is 153 Å². The molecule has 7 heteroatoms. The molecule has 2 aliphatic heterocycles. The zero-order chi connectivity index (χ0) is 18.0. The van der Waals surface area contributed by atoms with E-state index in [0.29, 0.717) is 25.7 Å². The SMILES string of the molecule is COCC1(C(=O)N2CCN(c3nc4ccccc4o3)CC2)CCNCC1. The van der Waals surface area contributed by atoms with E-state index in [1.165, 1.54) is 0 Å². The van der Waals surface area contributed by atoms with Crippen molar-refractivity contribution in [3.63, 3.8) is 0 Å². The summed E-state index contributed by atoms with van der Waals surface area (Å²) in [6.45, 7) is 5.10. The third-order valence-electron chi connectivity index (χ3n) is 5.55. The van der Waals surface area contributed by atoms with Gasteiger partial charge in [0.1, 0.15) is 5.52 Å². The van der Waals surface area contributed by atoms with E-state index < -0.39 is 0 Å². The summed E-state index contributed by atoms with van der Waals surface area (Å²) in [7, 11) is 1.68. The second-order valence-corrected chi connectivity index (χ2v) is 7.21. The van der Waals surface area contributed by atoms with Crippen LogP contribution in [0.4, 0.5) is 6.01 Å². The molecule has 0 radical (unpaired) electrons. The molecule has 2 saturated heterocycles. The van der Waals surface area contributed by atoms with Crippen LogP contribution in [-0.2, 0) is 9.53 Å². The minimum absolute atomic E-state index is 0.234. The predicted molar refractivity (Wildman–Crippen MR) is 99.2 cm³/mol. The Kier molecular flexibility index (Phi) is 4.82. The van der Waals surface area contributed by atoms with Crippen molar-refractivity contribution in [3.8, 4) is 0 Å². The average molecular weight is 358 g/mol. The molecule has 140 valence electrons. The van der Waals surface area contributed by atoms with Crippen molar-refractivity contribution in [1.82, 2.24) is 15.2 Å². The van der Waals surface area contributed by atoms with Crippen LogP contribution in [0, 0.1) is 5.41 Å². The molecule has 0 atom stereocenters. The van der Waals surface area contributed by atoms with E-state index in [1.807, 2.05) is 29.2 Å². The Bertz CT molecular complexity index is 722. The number of carbonyl (C=O) groups is 1. The van der Waals surface area contributed by atoms with Crippen LogP contribution in [0.3, 0.4) is 0 Å². The molecule has 2 fully saturated rings. The lowest BCUT2D eigenvalue weighted by Crippen LogP contribution is -2.56. The minimum atomic E-state index is -0.375. The Morgan fingerprint density at radius 3 is 2.65 bits per heavy atom. The highest BCUT2D eigenvalue weighted by Gasteiger charge is 2.43. The van der Waals surface area contributed by atoms with Gasteiger partial charge in [0.2, 0.25) is 5.91 Å². The molecule has 26 heavy (non-hydrogen) atoms. The van der Waals surface area contributed by atoms with Gasteiger partial charge in [0.05, 0.1) is 12.0 Å². The van der Waals surface area contributed by atoms with Gasteiger partial charge in [-0.05, 0) is 38.1 Å². The predicted octanol–water partition coefficient (Wildman–Crippen LogP) is 1.49. The number of carbonyl (C=O) groups excluding carboxylic acids is 1. The van der Waals surface area contributed by atoms with E-state index in [4.69, 9.17) is 9.15 Å². The number of rotatable bonds is 4. The quantitative estimate of drug-likeness (QED) is 0.893. The first kappa shape index (κ1) is 17.3. The monoisotopic (exact) mass is 358 g/mol. The molecule has 3 heterocycles. The van der Waals surface area contributed by atoms with Gasteiger partial charge in [-0.1, -0.05) is 12.1 Å². The summed E-state index contributed by atoms with van der Waals surface area (Å²) >= 11 is 0. The van der Waals surface area contributed by atoms with Crippen LogP contribution in [0.5, 0.6) is 0 Å². The number of anilines is 1. The maximum atomic E-state index is 13.2. The molecule has 0 spiro atoms.